The van der Waals surface area contributed by atoms with Crippen molar-refractivity contribution in [1.29, 1.82) is 0 Å². The van der Waals surface area contributed by atoms with Gasteiger partial charge in [0.2, 0.25) is 0 Å². The molecular formula is C20H18N4O4. The van der Waals surface area contributed by atoms with Crippen molar-refractivity contribution >= 4 is 28.9 Å². The standard InChI is InChI=1S/C20H18N4O4/c1-3-24-19(26)16-7-5-4-6-15(16)17(23-24)18(25)22-21-12-13-8-10-14(11-9-13)20(27)28-2/h4-12H,3H2,1-2H3,(H,22,25)/b21-12-. The minimum atomic E-state index is -0.527. The fourth-order valence-corrected chi connectivity index (χ4v) is 2.66. The van der Waals surface area contributed by atoms with Gasteiger partial charge in [-0.25, -0.2) is 14.9 Å². The highest BCUT2D eigenvalue weighted by atomic mass is 16.5. The average Bonchev–Trinajstić information content (AvgIpc) is 2.74. The molecule has 0 bridgehead atoms. The normalized spacial score (nSPS) is 10.9. The number of hydrazone groups is 1. The molecule has 8 heteroatoms. The molecule has 0 saturated carbocycles. The lowest BCUT2D eigenvalue weighted by Gasteiger charge is -2.08. The molecule has 3 rings (SSSR count). The number of esters is 1. The van der Waals surface area contributed by atoms with Crippen LogP contribution in [-0.2, 0) is 11.3 Å². The topological polar surface area (TPSA) is 103 Å². The van der Waals surface area contributed by atoms with Crippen LogP contribution < -0.4 is 11.0 Å². The highest BCUT2D eigenvalue weighted by Crippen LogP contribution is 2.13. The Balaban J connectivity index is 1.82. The van der Waals surface area contributed by atoms with E-state index < -0.39 is 11.9 Å². The number of ether oxygens (including phenoxy) is 1. The van der Waals surface area contributed by atoms with Gasteiger partial charge in [-0.1, -0.05) is 30.3 Å². The summed E-state index contributed by atoms with van der Waals surface area (Å²) in [6.07, 6.45) is 1.44. The quantitative estimate of drug-likeness (QED) is 0.415. The van der Waals surface area contributed by atoms with E-state index in [9.17, 15) is 14.4 Å². The molecule has 3 aromatic rings. The second-order valence-corrected chi connectivity index (χ2v) is 5.83. The third-order valence-corrected chi connectivity index (χ3v) is 4.09. The van der Waals surface area contributed by atoms with Crippen LogP contribution in [-0.4, -0.2) is 35.0 Å². The van der Waals surface area contributed by atoms with Crippen molar-refractivity contribution in [2.24, 2.45) is 5.10 Å². The Labute approximate surface area is 160 Å². The van der Waals surface area contributed by atoms with Crippen molar-refractivity contribution in [3.05, 3.63) is 75.7 Å². The second kappa shape index (κ2) is 8.26. The third-order valence-electron chi connectivity index (χ3n) is 4.09. The molecule has 0 aliphatic rings. The molecule has 0 fully saturated rings. The van der Waals surface area contributed by atoms with Crippen LogP contribution in [0.4, 0.5) is 0 Å². The van der Waals surface area contributed by atoms with E-state index in [1.807, 2.05) is 0 Å². The fraction of sp³-hybridized carbons (Fsp3) is 0.150. The lowest BCUT2D eigenvalue weighted by Crippen LogP contribution is -2.28. The Bertz CT molecular complexity index is 1120. The van der Waals surface area contributed by atoms with E-state index in [-0.39, 0.29) is 11.3 Å². The van der Waals surface area contributed by atoms with Crippen LogP contribution in [0.15, 0.2) is 58.4 Å². The lowest BCUT2D eigenvalue weighted by molar-refractivity contribution is 0.0600. The van der Waals surface area contributed by atoms with Gasteiger partial charge in [-0.2, -0.15) is 10.2 Å². The molecular weight excluding hydrogens is 360 g/mol. The summed E-state index contributed by atoms with van der Waals surface area (Å²) >= 11 is 0. The summed E-state index contributed by atoms with van der Waals surface area (Å²) in [6, 6.07) is 13.4. The Hall–Kier alpha value is -3.81. The van der Waals surface area contributed by atoms with Gasteiger partial charge in [0.15, 0.2) is 5.69 Å². The van der Waals surface area contributed by atoms with Crippen LogP contribution in [0.25, 0.3) is 10.8 Å². The van der Waals surface area contributed by atoms with Gasteiger partial charge < -0.3 is 4.74 Å². The molecule has 0 saturated heterocycles. The molecule has 1 N–H and O–H groups in total. The number of methoxy groups -OCH3 is 1. The summed E-state index contributed by atoms with van der Waals surface area (Å²) in [7, 11) is 1.31. The zero-order valence-corrected chi connectivity index (χ0v) is 15.4. The zero-order valence-electron chi connectivity index (χ0n) is 15.4. The Morgan fingerprint density at radius 2 is 1.82 bits per heavy atom. The van der Waals surface area contributed by atoms with Crippen molar-refractivity contribution in [1.82, 2.24) is 15.2 Å². The summed E-state index contributed by atoms with van der Waals surface area (Å²) in [5.41, 5.74) is 3.40. The van der Waals surface area contributed by atoms with Crippen molar-refractivity contribution in [2.75, 3.05) is 7.11 Å². The predicted octanol–water partition coefficient (Wildman–Crippen LogP) is 1.97. The minimum absolute atomic E-state index is 0.121. The number of amides is 1. The molecule has 8 nitrogen and oxygen atoms in total. The number of nitrogens with one attached hydrogen (secondary N) is 1. The van der Waals surface area contributed by atoms with E-state index in [0.717, 1.165) is 0 Å². The molecule has 0 aliphatic heterocycles. The molecule has 0 spiro atoms. The van der Waals surface area contributed by atoms with Crippen LogP contribution >= 0.6 is 0 Å². The van der Waals surface area contributed by atoms with Gasteiger partial charge in [0.05, 0.1) is 24.3 Å². The van der Waals surface area contributed by atoms with Crippen LogP contribution in [0, 0.1) is 0 Å². The highest BCUT2D eigenvalue weighted by Gasteiger charge is 2.15. The molecule has 1 amide bonds. The van der Waals surface area contributed by atoms with Crippen LogP contribution in [0.2, 0.25) is 0 Å². The number of nitrogens with zero attached hydrogens (tertiary/aromatic N) is 3. The maximum Gasteiger partial charge on any atom is 0.337 e. The molecule has 0 atom stereocenters. The summed E-state index contributed by atoms with van der Waals surface area (Å²) in [4.78, 5) is 36.3. The number of rotatable bonds is 5. The number of aromatic nitrogens is 2. The number of fused-ring (bicyclic) bond motifs is 1. The van der Waals surface area contributed by atoms with E-state index in [4.69, 9.17) is 0 Å². The van der Waals surface area contributed by atoms with E-state index in [2.05, 4.69) is 20.4 Å². The molecule has 1 heterocycles. The average molecular weight is 378 g/mol. The summed E-state index contributed by atoms with van der Waals surface area (Å²) in [5, 5.41) is 8.97. The monoisotopic (exact) mass is 378 g/mol. The summed E-state index contributed by atoms with van der Waals surface area (Å²) < 4.78 is 5.88. The van der Waals surface area contributed by atoms with Crippen LogP contribution in [0.3, 0.4) is 0 Å². The SMILES string of the molecule is CCn1nc(C(=O)N/N=C\c2ccc(C(=O)OC)cc2)c2ccccc2c1=O. The summed E-state index contributed by atoms with van der Waals surface area (Å²) in [6.45, 7) is 2.13. The molecule has 0 radical (unpaired) electrons. The van der Waals surface area contributed by atoms with Gasteiger partial charge in [0.1, 0.15) is 0 Å². The highest BCUT2D eigenvalue weighted by molar-refractivity contribution is 6.05. The largest absolute Gasteiger partial charge is 0.465 e. The van der Waals surface area contributed by atoms with Crippen molar-refractivity contribution in [2.45, 2.75) is 13.5 Å². The Morgan fingerprint density at radius 1 is 1.14 bits per heavy atom. The molecule has 28 heavy (non-hydrogen) atoms. The number of hydrogen-bond acceptors (Lipinski definition) is 6. The first-order valence-corrected chi connectivity index (χ1v) is 8.56. The van der Waals surface area contributed by atoms with E-state index in [0.29, 0.717) is 28.4 Å². The van der Waals surface area contributed by atoms with E-state index >= 15 is 0 Å². The molecule has 1 aromatic heterocycles. The fourth-order valence-electron chi connectivity index (χ4n) is 2.66. The van der Waals surface area contributed by atoms with E-state index in [1.165, 1.54) is 18.0 Å². The lowest BCUT2D eigenvalue weighted by atomic mass is 10.1. The predicted molar refractivity (Wildman–Crippen MR) is 105 cm³/mol. The van der Waals surface area contributed by atoms with Gasteiger partial charge >= 0.3 is 5.97 Å². The van der Waals surface area contributed by atoms with Crippen LogP contribution in [0.1, 0.15) is 33.3 Å². The van der Waals surface area contributed by atoms with Gasteiger partial charge in [0, 0.05) is 11.9 Å². The first-order chi connectivity index (χ1) is 13.5. The van der Waals surface area contributed by atoms with Crippen molar-refractivity contribution < 1.29 is 14.3 Å². The summed E-state index contributed by atoms with van der Waals surface area (Å²) in [5.74, 6) is -0.957. The van der Waals surface area contributed by atoms with Crippen LogP contribution in [0.5, 0.6) is 0 Å². The smallest absolute Gasteiger partial charge is 0.337 e. The molecule has 2 aromatic carbocycles. The molecule has 0 unspecified atom stereocenters. The maximum atomic E-state index is 12.5. The Morgan fingerprint density at radius 3 is 2.46 bits per heavy atom. The minimum Gasteiger partial charge on any atom is -0.465 e. The maximum absolute atomic E-state index is 12.5. The van der Waals surface area contributed by atoms with Crippen molar-refractivity contribution in [3.8, 4) is 0 Å². The zero-order chi connectivity index (χ0) is 20.1. The number of aryl methyl sites for hydroxylation is 1. The first kappa shape index (κ1) is 19.0. The molecule has 0 aliphatic carbocycles. The number of carbonyl (C=O) groups is 2. The van der Waals surface area contributed by atoms with Gasteiger partial charge in [-0.3, -0.25) is 9.59 Å². The van der Waals surface area contributed by atoms with Gasteiger partial charge in [-0.05, 0) is 30.7 Å². The Kier molecular flexibility index (Phi) is 5.59. The van der Waals surface area contributed by atoms with Gasteiger partial charge in [-0.15, -0.1) is 0 Å². The number of benzene rings is 2. The van der Waals surface area contributed by atoms with E-state index in [1.54, 1.807) is 55.5 Å². The van der Waals surface area contributed by atoms with Gasteiger partial charge in [0.25, 0.3) is 11.5 Å². The third kappa shape index (κ3) is 3.80. The first-order valence-electron chi connectivity index (χ1n) is 8.56. The number of hydrogen-bond donors (Lipinski definition) is 1. The van der Waals surface area contributed by atoms with Crippen molar-refractivity contribution in [3.63, 3.8) is 0 Å². The number of carbonyl (C=O) groups excluding carboxylic acids is 2. The second-order valence-electron chi connectivity index (χ2n) is 5.83. The molecule has 142 valence electrons.